The number of hydrogen-bond acceptors (Lipinski definition) is 0. The predicted octanol–water partition coefficient (Wildman–Crippen LogP) is -1.80. The first kappa shape index (κ1) is 23.6. The number of benzene rings is 1. The molecular weight excluding hydrogens is 546 g/mol. The molecule has 146 valence electrons. The summed E-state index contributed by atoms with van der Waals surface area (Å²) in [5.74, 6) is 0. The molecule has 0 bridgehead atoms. The second-order valence-electron chi connectivity index (χ2n) is 6.45. The number of alkyl halides is 2. The molecule has 1 atom stereocenters. The van der Waals surface area contributed by atoms with Crippen molar-refractivity contribution >= 4 is 0 Å². The standard InChI is InChI=1S/C22H34I2N2/c1-6-15-24-26(19-9-4,21-22-13-11-10-12-14-22)20-16-23-25(5,17-7-2)18-8-3/h6-14H,1-4,15-21H2,5H3. The van der Waals surface area contributed by atoms with E-state index in [2.05, 4.69) is 88.0 Å². The molecule has 26 heavy (non-hydrogen) atoms. The summed E-state index contributed by atoms with van der Waals surface area (Å²) in [6.45, 7) is 21.5. The fourth-order valence-corrected chi connectivity index (χ4v) is 10.1. The molecule has 0 amide bonds. The summed E-state index contributed by atoms with van der Waals surface area (Å²) in [5, 5.41) is 0. The molecule has 0 aliphatic rings. The summed E-state index contributed by atoms with van der Waals surface area (Å²) in [6, 6.07) is 10.9. The molecule has 0 heterocycles. The van der Waals surface area contributed by atoms with Gasteiger partial charge in [-0.25, -0.2) is 0 Å². The molecule has 1 aromatic carbocycles. The summed E-state index contributed by atoms with van der Waals surface area (Å²) in [5.41, 5.74) is 1.44. The maximum atomic E-state index is 4.07. The number of nitrogens with zero attached hydrogens (tertiary/aromatic N) is 2. The van der Waals surface area contributed by atoms with Gasteiger partial charge in [0.15, 0.2) is 0 Å². The molecule has 1 aromatic rings. The Bertz CT molecular complexity index is 561. The number of likely N-dealkylation sites (N-methyl/N-ethyl adjacent to an activating group) is 1. The zero-order valence-corrected chi connectivity index (χ0v) is 20.4. The Balaban J connectivity index is 2.88. The molecule has 0 N–H and O–H groups in total. The number of hydrogen-bond donors (Lipinski definition) is 0. The van der Waals surface area contributed by atoms with Crippen molar-refractivity contribution < 1.29 is 48.4 Å². The van der Waals surface area contributed by atoms with Gasteiger partial charge in [-0.1, -0.05) is 0 Å². The summed E-state index contributed by atoms with van der Waals surface area (Å²) >= 11 is 0.0225. The van der Waals surface area contributed by atoms with Crippen LogP contribution in [-0.2, 0) is 6.54 Å². The number of allylic oxidation sites excluding steroid dienone is 1. The Morgan fingerprint density at radius 2 is 1.46 bits per heavy atom. The Morgan fingerprint density at radius 3 is 2.00 bits per heavy atom. The molecule has 0 aromatic heterocycles. The first-order chi connectivity index (χ1) is 12.5. The number of halogens is 2. The van der Waals surface area contributed by atoms with E-state index in [1.807, 2.05) is 0 Å². The first-order valence-corrected chi connectivity index (χ1v) is 13.9. The van der Waals surface area contributed by atoms with Gasteiger partial charge in [0.2, 0.25) is 0 Å². The summed E-state index contributed by atoms with van der Waals surface area (Å²) in [7, 11) is 2.36. The van der Waals surface area contributed by atoms with Crippen molar-refractivity contribution in [3.8, 4) is 0 Å². The van der Waals surface area contributed by atoms with Crippen LogP contribution in [-0.4, -0.2) is 47.5 Å². The van der Waals surface area contributed by atoms with Crippen molar-refractivity contribution in [2.45, 2.75) is 6.54 Å². The van der Waals surface area contributed by atoms with E-state index in [1.165, 1.54) is 19.2 Å². The average Bonchev–Trinajstić information content (AvgIpc) is 2.61. The van der Waals surface area contributed by atoms with E-state index in [1.54, 1.807) is 0 Å². The number of rotatable bonds is 15. The van der Waals surface area contributed by atoms with Crippen LogP contribution >= 0.6 is 0 Å². The average molecular weight is 580 g/mol. The van der Waals surface area contributed by atoms with Crippen LogP contribution in [0.15, 0.2) is 81.0 Å². The fraction of sp³-hybridized carbons (Fsp3) is 0.364. The third kappa shape index (κ3) is 8.50. The Hall–Kier alpha value is -0.440. The minimum absolute atomic E-state index is 0.00737. The van der Waals surface area contributed by atoms with Gasteiger partial charge in [0.25, 0.3) is 0 Å². The van der Waals surface area contributed by atoms with Gasteiger partial charge in [-0.3, -0.25) is 0 Å². The summed E-state index contributed by atoms with van der Waals surface area (Å²) < 4.78 is 4.75. The van der Waals surface area contributed by atoms with Crippen LogP contribution in [0.4, 0.5) is 0 Å². The van der Waals surface area contributed by atoms with Gasteiger partial charge in [-0.15, -0.1) is 0 Å². The van der Waals surface area contributed by atoms with E-state index in [4.69, 9.17) is 0 Å². The van der Waals surface area contributed by atoms with E-state index in [0.717, 1.165) is 33.3 Å². The Morgan fingerprint density at radius 1 is 0.846 bits per heavy atom. The van der Waals surface area contributed by atoms with Crippen LogP contribution in [0, 0.1) is 0 Å². The zero-order chi connectivity index (χ0) is 19.3. The van der Waals surface area contributed by atoms with E-state index in [0.29, 0.717) is 0 Å². The summed E-state index contributed by atoms with van der Waals surface area (Å²) in [6.07, 6.45) is 8.33. The van der Waals surface area contributed by atoms with Crippen molar-refractivity contribution in [3.63, 3.8) is 0 Å². The Kier molecular flexibility index (Phi) is 11.7. The molecule has 0 spiro atoms. The SMILES string of the molecule is C=CC[I-][N+](CC=C)(CC[I-][N+](C)(CC=C)CC=C)Cc1ccccc1. The van der Waals surface area contributed by atoms with Gasteiger partial charge in [-0.2, -0.15) is 0 Å². The van der Waals surface area contributed by atoms with Gasteiger partial charge in [0.05, 0.1) is 0 Å². The van der Waals surface area contributed by atoms with Gasteiger partial charge in [-0.05, 0) is 0 Å². The molecule has 4 heteroatoms. The van der Waals surface area contributed by atoms with E-state index in [9.17, 15) is 0 Å². The van der Waals surface area contributed by atoms with E-state index in [-0.39, 0.29) is 43.0 Å². The second kappa shape index (κ2) is 12.9. The fourth-order valence-electron chi connectivity index (χ4n) is 2.83. The third-order valence-electron chi connectivity index (χ3n) is 4.07. The van der Waals surface area contributed by atoms with Gasteiger partial charge in [0.1, 0.15) is 0 Å². The van der Waals surface area contributed by atoms with Gasteiger partial charge >= 0.3 is 183 Å². The monoisotopic (exact) mass is 580 g/mol. The van der Waals surface area contributed by atoms with Crippen molar-refractivity contribution in [1.29, 1.82) is 0 Å². The predicted molar refractivity (Wildman–Crippen MR) is 107 cm³/mol. The van der Waals surface area contributed by atoms with Crippen LogP contribution in [0.1, 0.15) is 5.56 Å². The van der Waals surface area contributed by atoms with Crippen molar-refractivity contribution in [2.24, 2.45) is 0 Å². The minimum atomic E-state index is -0.00737. The van der Waals surface area contributed by atoms with Crippen molar-refractivity contribution in [2.75, 3.05) is 42.1 Å². The molecule has 2 nitrogen and oxygen atoms in total. The molecule has 0 saturated carbocycles. The molecule has 0 saturated heterocycles. The molecular formula is C22H34I2N2. The molecule has 0 aliphatic carbocycles. The van der Waals surface area contributed by atoms with E-state index < -0.39 is 0 Å². The van der Waals surface area contributed by atoms with Crippen molar-refractivity contribution in [3.05, 3.63) is 86.5 Å². The van der Waals surface area contributed by atoms with Crippen LogP contribution in [0.5, 0.6) is 0 Å². The quantitative estimate of drug-likeness (QED) is 0.0996. The number of quaternary nitrogens is 2. The topological polar surface area (TPSA) is 0 Å². The first-order valence-electron chi connectivity index (χ1n) is 8.93. The maximum absolute atomic E-state index is 4.07. The van der Waals surface area contributed by atoms with Crippen molar-refractivity contribution in [1.82, 2.24) is 0 Å². The normalized spacial score (nSPS) is 13.9. The second-order valence-corrected chi connectivity index (χ2v) is 14.1. The van der Waals surface area contributed by atoms with Gasteiger partial charge in [0, 0.05) is 0 Å². The third-order valence-corrected chi connectivity index (χ3v) is 11.2. The Labute approximate surface area is 182 Å². The molecule has 1 unspecified atom stereocenters. The van der Waals surface area contributed by atoms with Gasteiger partial charge < -0.3 is 0 Å². The summed E-state index contributed by atoms with van der Waals surface area (Å²) in [4.78, 5) is 0. The molecule has 0 radical (unpaired) electrons. The molecule has 1 rings (SSSR count). The van der Waals surface area contributed by atoms with Crippen LogP contribution in [0.2, 0.25) is 0 Å². The van der Waals surface area contributed by atoms with Crippen LogP contribution in [0.3, 0.4) is 0 Å². The van der Waals surface area contributed by atoms with Crippen LogP contribution < -0.4 is 43.0 Å². The van der Waals surface area contributed by atoms with Crippen LogP contribution in [0.25, 0.3) is 0 Å². The zero-order valence-electron chi connectivity index (χ0n) is 16.1. The molecule has 0 fully saturated rings. The van der Waals surface area contributed by atoms with E-state index >= 15 is 0 Å². The molecule has 0 aliphatic heterocycles.